The van der Waals surface area contributed by atoms with Gasteiger partial charge in [-0.15, -0.1) is 0 Å². The number of ether oxygens (including phenoxy) is 2. The maximum atomic E-state index is 13.5. The molecule has 0 saturated heterocycles. The highest BCUT2D eigenvalue weighted by Gasteiger charge is 2.27. The molecule has 35 heavy (non-hydrogen) atoms. The first-order valence-electron chi connectivity index (χ1n) is 11.1. The van der Waals surface area contributed by atoms with Crippen molar-refractivity contribution in [2.24, 2.45) is 0 Å². The van der Waals surface area contributed by atoms with E-state index in [2.05, 4.69) is 4.98 Å². The summed E-state index contributed by atoms with van der Waals surface area (Å²) in [4.78, 5) is 29.5. The fraction of sp³-hybridized carbons (Fsp3) is 0.143. The van der Waals surface area contributed by atoms with Crippen molar-refractivity contribution in [3.05, 3.63) is 100 Å². The standard InChI is InChI=1S/C28H23NO6/c1-33-24-12-11-16(13-25(24)34-2)19(20-15-29-21-9-5-3-7-17(20)21)14-22(30)26-27(31)18-8-4-6-10-23(18)35-28(26)32/h3-13,15,19,29,31H,14H2,1-2H3. The Kier molecular flexibility index (Phi) is 5.74. The Morgan fingerprint density at radius 2 is 1.69 bits per heavy atom. The quantitative estimate of drug-likeness (QED) is 0.244. The van der Waals surface area contributed by atoms with Gasteiger partial charge in [0.2, 0.25) is 0 Å². The average Bonchev–Trinajstić information content (AvgIpc) is 3.31. The van der Waals surface area contributed by atoms with Gasteiger partial charge >= 0.3 is 5.63 Å². The average molecular weight is 469 g/mol. The van der Waals surface area contributed by atoms with Crippen LogP contribution in [0.2, 0.25) is 0 Å². The third kappa shape index (κ3) is 3.91. The number of fused-ring (bicyclic) bond motifs is 2. The lowest BCUT2D eigenvalue weighted by Gasteiger charge is -2.19. The van der Waals surface area contributed by atoms with E-state index in [1.54, 1.807) is 44.6 Å². The zero-order valence-electron chi connectivity index (χ0n) is 19.2. The number of H-pyrrole nitrogens is 1. The fourth-order valence-corrected chi connectivity index (χ4v) is 4.53. The summed E-state index contributed by atoms with van der Waals surface area (Å²) in [6, 6.07) is 19.8. The van der Waals surface area contributed by atoms with Crippen LogP contribution in [0.4, 0.5) is 0 Å². The Morgan fingerprint density at radius 3 is 2.46 bits per heavy atom. The Bertz CT molecular complexity index is 1610. The number of methoxy groups -OCH3 is 2. The second-order valence-electron chi connectivity index (χ2n) is 8.19. The number of carbonyl (C=O) groups excluding carboxylic acids is 1. The van der Waals surface area contributed by atoms with Crippen molar-refractivity contribution in [3.63, 3.8) is 0 Å². The summed E-state index contributed by atoms with van der Waals surface area (Å²) in [6.07, 6.45) is 1.79. The monoisotopic (exact) mass is 469 g/mol. The molecule has 0 aliphatic rings. The van der Waals surface area contributed by atoms with Crippen LogP contribution in [0.5, 0.6) is 17.2 Å². The molecule has 0 spiro atoms. The van der Waals surface area contributed by atoms with E-state index in [1.807, 2.05) is 42.6 Å². The molecule has 5 aromatic rings. The molecule has 0 amide bonds. The number of aromatic amines is 1. The van der Waals surface area contributed by atoms with E-state index in [-0.39, 0.29) is 23.3 Å². The maximum absolute atomic E-state index is 13.5. The number of hydrogen-bond acceptors (Lipinski definition) is 6. The predicted octanol–water partition coefficient (Wildman–Crippen LogP) is 5.40. The molecular formula is C28H23NO6. The molecule has 176 valence electrons. The Hall–Kier alpha value is -4.52. The molecule has 7 nitrogen and oxygen atoms in total. The van der Waals surface area contributed by atoms with Gasteiger partial charge in [0.1, 0.15) is 16.9 Å². The molecule has 0 aliphatic heterocycles. The van der Waals surface area contributed by atoms with Gasteiger partial charge in [-0.2, -0.15) is 0 Å². The van der Waals surface area contributed by atoms with Gasteiger partial charge in [0, 0.05) is 29.4 Å². The summed E-state index contributed by atoms with van der Waals surface area (Å²) in [6.45, 7) is 0. The van der Waals surface area contributed by atoms with E-state index in [0.717, 1.165) is 22.0 Å². The minimum atomic E-state index is -0.865. The molecule has 0 bridgehead atoms. The molecule has 7 heteroatoms. The number of carbonyl (C=O) groups is 1. The van der Waals surface area contributed by atoms with Gasteiger partial charge in [-0.25, -0.2) is 4.79 Å². The van der Waals surface area contributed by atoms with Gasteiger partial charge in [-0.3, -0.25) is 4.79 Å². The molecule has 2 heterocycles. The van der Waals surface area contributed by atoms with Crippen LogP contribution in [0, 0.1) is 0 Å². The van der Waals surface area contributed by atoms with Gasteiger partial charge < -0.3 is 24.0 Å². The van der Waals surface area contributed by atoms with Crippen molar-refractivity contribution in [1.82, 2.24) is 4.98 Å². The number of aromatic nitrogens is 1. The smallest absolute Gasteiger partial charge is 0.351 e. The van der Waals surface area contributed by atoms with E-state index < -0.39 is 17.3 Å². The van der Waals surface area contributed by atoms with Crippen LogP contribution in [0.3, 0.4) is 0 Å². The van der Waals surface area contributed by atoms with Crippen molar-refractivity contribution in [2.75, 3.05) is 14.2 Å². The van der Waals surface area contributed by atoms with E-state index in [4.69, 9.17) is 13.9 Å². The highest BCUT2D eigenvalue weighted by molar-refractivity contribution is 6.03. The lowest BCUT2D eigenvalue weighted by Crippen LogP contribution is -2.17. The highest BCUT2D eigenvalue weighted by Crippen LogP contribution is 2.39. The van der Waals surface area contributed by atoms with Crippen LogP contribution < -0.4 is 15.1 Å². The second-order valence-corrected chi connectivity index (χ2v) is 8.19. The molecular weight excluding hydrogens is 446 g/mol. The minimum absolute atomic E-state index is 0.0754. The number of Topliss-reactive ketones (excluding diaryl/α,β-unsaturated/α-hetero) is 1. The number of rotatable bonds is 7. The normalized spacial score (nSPS) is 12.1. The number of hydrogen-bond donors (Lipinski definition) is 2. The lowest BCUT2D eigenvalue weighted by atomic mass is 9.85. The SMILES string of the molecule is COc1ccc(C(CC(=O)c2c(O)c3ccccc3oc2=O)c2c[nH]c3ccccc23)cc1OC. The molecule has 0 saturated carbocycles. The first-order chi connectivity index (χ1) is 17.0. The van der Waals surface area contributed by atoms with Crippen LogP contribution in [-0.4, -0.2) is 30.1 Å². The molecule has 2 aromatic heterocycles. The van der Waals surface area contributed by atoms with Crippen LogP contribution in [0.25, 0.3) is 21.9 Å². The molecule has 3 aromatic carbocycles. The molecule has 1 atom stereocenters. The molecule has 0 fully saturated rings. The van der Waals surface area contributed by atoms with Gasteiger partial charge in [-0.1, -0.05) is 36.4 Å². The van der Waals surface area contributed by atoms with Gasteiger partial charge in [-0.05, 0) is 41.5 Å². The van der Waals surface area contributed by atoms with Crippen molar-refractivity contribution >= 4 is 27.7 Å². The lowest BCUT2D eigenvalue weighted by molar-refractivity contribution is 0.0971. The topological polar surface area (TPSA) is 102 Å². The Balaban J connectivity index is 1.64. The molecule has 0 radical (unpaired) electrons. The van der Waals surface area contributed by atoms with Crippen LogP contribution in [0.15, 0.2) is 82.1 Å². The summed E-state index contributed by atoms with van der Waals surface area (Å²) in [7, 11) is 3.10. The molecule has 2 N–H and O–H groups in total. The molecule has 1 unspecified atom stereocenters. The number of benzene rings is 3. The Morgan fingerprint density at radius 1 is 0.971 bits per heavy atom. The molecule has 5 rings (SSSR count). The van der Waals surface area contributed by atoms with Crippen LogP contribution in [-0.2, 0) is 0 Å². The van der Waals surface area contributed by atoms with Gasteiger partial charge in [0.25, 0.3) is 0 Å². The van der Waals surface area contributed by atoms with Crippen LogP contribution in [0.1, 0.15) is 33.8 Å². The highest BCUT2D eigenvalue weighted by atomic mass is 16.5. The van der Waals surface area contributed by atoms with Crippen molar-refractivity contribution in [3.8, 4) is 17.2 Å². The van der Waals surface area contributed by atoms with Crippen LogP contribution >= 0.6 is 0 Å². The second kappa shape index (κ2) is 9.02. The predicted molar refractivity (Wildman–Crippen MR) is 133 cm³/mol. The number of aromatic hydroxyl groups is 1. The summed E-state index contributed by atoms with van der Waals surface area (Å²) in [5.41, 5.74) is 1.61. The third-order valence-electron chi connectivity index (χ3n) is 6.26. The van der Waals surface area contributed by atoms with Gasteiger partial charge in [0.15, 0.2) is 17.3 Å². The Labute approximate surface area is 200 Å². The maximum Gasteiger partial charge on any atom is 0.351 e. The summed E-state index contributed by atoms with van der Waals surface area (Å²) in [5.74, 6) is -0.244. The first kappa shape index (κ1) is 22.3. The minimum Gasteiger partial charge on any atom is -0.506 e. The summed E-state index contributed by atoms with van der Waals surface area (Å²) < 4.78 is 16.2. The zero-order valence-corrected chi connectivity index (χ0v) is 19.2. The number of nitrogens with one attached hydrogen (secondary N) is 1. The first-order valence-corrected chi connectivity index (χ1v) is 11.1. The third-order valence-corrected chi connectivity index (χ3v) is 6.26. The number of ketones is 1. The molecule has 0 aliphatic carbocycles. The number of para-hydroxylation sites is 2. The van der Waals surface area contributed by atoms with E-state index in [9.17, 15) is 14.7 Å². The van der Waals surface area contributed by atoms with E-state index >= 15 is 0 Å². The van der Waals surface area contributed by atoms with E-state index in [0.29, 0.717) is 16.9 Å². The summed E-state index contributed by atoms with van der Waals surface area (Å²) in [5, 5.41) is 12.1. The van der Waals surface area contributed by atoms with E-state index in [1.165, 1.54) is 0 Å². The zero-order chi connectivity index (χ0) is 24.5. The summed E-state index contributed by atoms with van der Waals surface area (Å²) >= 11 is 0. The van der Waals surface area contributed by atoms with Crippen molar-refractivity contribution in [1.29, 1.82) is 0 Å². The fourth-order valence-electron chi connectivity index (χ4n) is 4.53. The largest absolute Gasteiger partial charge is 0.506 e. The van der Waals surface area contributed by atoms with Crippen molar-refractivity contribution < 1.29 is 23.8 Å². The van der Waals surface area contributed by atoms with Gasteiger partial charge in [0.05, 0.1) is 19.6 Å². The van der Waals surface area contributed by atoms with Crippen molar-refractivity contribution in [2.45, 2.75) is 12.3 Å².